The predicted octanol–water partition coefficient (Wildman–Crippen LogP) is 2.20. The Morgan fingerprint density at radius 2 is 1.86 bits per heavy atom. The van der Waals surface area contributed by atoms with Gasteiger partial charge in [0.2, 0.25) is 0 Å². The van der Waals surface area contributed by atoms with Gasteiger partial charge in [-0.3, -0.25) is 0 Å². The van der Waals surface area contributed by atoms with Crippen LogP contribution in [0.2, 0.25) is 0 Å². The second-order valence-electron chi connectivity index (χ2n) is 6.11. The second-order valence-corrected chi connectivity index (χ2v) is 6.11. The van der Waals surface area contributed by atoms with E-state index in [9.17, 15) is 0 Å². The van der Waals surface area contributed by atoms with Crippen molar-refractivity contribution in [2.45, 2.75) is 32.8 Å². The normalized spacial score (nSPS) is 16.7. The first-order valence-electron chi connectivity index (χ1n) is 7.70. The van der Waals surface area contributed by atoms with Crippen LogP contribution in [0, 0.1) is 0 Å². The van der Waals surface area contributed by atoms with Crippen LogP contribution in [0.5, 0.6) is 0 Å². The molecule has 1 atom stereocenters. The number of anilines is 1. The lowest BCUT2D eigenvalue weighted by molar-refractivity contribution is 0.119. The van der Waals surface area contributed by atoms with E-state index < -0.39 is 0 Å². The van der Waals surface area contributed by atoms with Gasteiger partial charge in [-0.15, -0.1) is 0 Å². The van der Waals surface area contributed by atoms with Gasteiger partial charge in [-0.05, 0) is 38.0 Å². The average molecular weight is 296 g/mol. The van der Waals surface area contributed by atoms with Crippen LogP contribution >= 0.6 is 0 Å². The highest BCUT2D eigenvalue weighted by atomic mass is 16.5. The van der Waals surface area contributed by atoms with E-state index in [2.05, 4.69) is 38.1 Å². The van der Waals surface area contributed by atoms with E-state index in [1.54, 1.807) is 7.11 Å². The van der Waals surface area contributed by atoms with Crippen LogP contribution in [0.25, 0.3) is 0 Å². The molecule has 116 valence electrons. The quantitative estimate of drug-likeness (QED) is 0.647. The lowest BCUT2D eigenvalue weighted by Gasteiger charge is -2.11. The summed E-state index contributed by atoms with van der Waals surface area (Å²) in [5, 5.41) is 0. The first-order valence-corrected chi connectivity index (χ1v) is 7.70. The zero-order valence-corrected chi connectivity index (χ0v) is 13.7. The largest absolute Gasteiger partial charge is 0.402 e. The number of methoxy groups -OCH3 is 1. The number of allylic oxidation sites excluding steroid dienone is 4. The second kappa shape index (κ2) is 7.36. The Hall–Kier alpha value is -1.94. The number of nitrogens with two attached hydrogens (primary N) is 2. The van der Waals surface area contributed by atoms with Crippen molar-refractivity contribution in [2.24, 2.45) is 5.73 Å². The van der Waals surface area contributed by atoms with Crippen molar-refractivity contribution in [1.82, 2.24) is 0 Å². The number of benzene rings is 1. The molecular weight excluding hydrogens is 271 g/mol. The van der Waals surface area contributed by atoms with Crippen LogP contribution in [0.15, 0.2) is 58.7 Å². The number of hydrogen-bond acceptors (Lipinski definition) is 3. The van der Waals surface area contributed by atoms with Gasteiger partial charge in [0.25, 0.3) is 0 Å². The molecule has 0 fully saturated rings. The third-order valence-electron chi connectivity index (χ3n) is 3.97. The van der Waals surface area contributed by atoms with Crippen LogP contribution in [0.3, 0.4) is 0 Å². The Kier molecular flexibility index (Phi) is 5.50. The summed E-state index contributed by atoms with van der Waals surface area (Å²) in [4.78, 5) is 0. The number of hydrogen-bond donors (Lipinski definition) is 2. The SMILES string of the molecule is COC(C)CC1=CC(Bc2ccc(N)cc2)=C(N)CC(C)=C1. The van der Waals surface area contributed by atoms with E-state index in [0.29, 0.717) is 0 Å². The molecule has 0 saturated carbocycles. The molecule has 1 aliphatic carbocycles. The van der Waals surface area contributed by atoms with Crippen molar-refractivity contribution in [2.75, 3.05) is 12.8 Å². The third-order valence-corrected chi connectivity index (χ3v) is 3.97. The Morgan fingerprint density at radius 1 is 1.18 bits per heavy atom. The van der Waals surface area contributed by atoms with Gasteiger partial charge in [0, 0.05) is 24.9 Å². The van der Waals surface area contributed by atoms with Crippen LogP contribution < -0.4 is 16.9 Å². The van der Waals surface area contributed by atoms with Gasteiger partial charge in [-0.1, -0.05) is 40.8 Å². The predicted molar refractivity (Wildman–Crippen MR) is 96.4 cm³/mol. The molecular formula is C18H25BN2O. The number of nitrogen functional groups attached to an aromatic ring is 1. The molecule has 4 heteroatoms. The molecule has 2 rings (SSSR count). The standard InChI is InChI=1S/C18H25BN2O/c1-12-8-14(10-13(2)22-3)11-17(18(21)9-12)19-15-4-6-16(20)7-5-15/h4-8,11,13,19H,9-10,20-21H2,1-3H3. The van der Waals surface area contributed by atoms with Gasteiger partial charge >= 0.3 is 0 Å². The maximum Gasteiger partial charge on any atom is 0.194 e. The molecule has 0 bridgehead atoms. The molecule has 1 aromatic carbocycles. The maximum absolute atomic E-state index is 6.31. The highest BCUT2D eigenvalue weighted by Crippen LogP contribution is 2.22. The maximum atomic E-state index is 6.31. The fraction of sp³-hybridized carbons (Fsp3) is 0.333. The minimum absolute atomic E-state index is 0.201. The summed E-state index contributed by atoms with van der Waals surface area (Å²) in [5.41, 5.74) is 18.8. The fourth-order valence-electron chi connectivity index (χ4n) is 2.69. The van der Waals surface area contributed by atoms with Crippen LogP contribution in [-0.4, -0.2) is 20.5 Å². The van der Waals surface area contributed by atoms with E-state index in [0.717, 1.165) is 31.5 Å². The highest BCUT2D eigenvalue weighted by molar-refractivity contribution is 6.62. The summed E-state index contributed by atoms with van der Waals surface area (Å²) in [5.74, 6) is 0. The summed E-state index contributed by atoms with van der Waals surface area (Å²) in [6, 6.07) is 7.99. The minimum atomic E-state index is 0.201. The Bertz CT molecular complexity index is 614. The summed E-state index contributed by atoms with van der Waals surface area (Å²) in [7, 11) is 2.58. The monoisotopic (exact) mass is 296 g/mol. The summed E-state index contributed by atoms with van der Waals surface area (Å²) in [6.45, 7) is 4.21. The van der Waals surface area contributed by atoms with Gasteiger partial charge in [0.1, 0.15) is 0 Å². The van der Waals surface area contributed by atoms with Crippen molar-refractivity contribution in [1.29, 1.82) is 0 Å². The third kappa shape index (κ3) is 4.53. The molecule has 0 amide bonds. The van der Waals surface area contributed by atoms with Gasteiger partial charge in [-0.2, -0.15) is 0 Å². The number of rotatable bonds is 5. The molecule has 0 aromatic heterocycles. The van der Waals surface area contributed by atoms with Gasteiger partial charge in [0.15, 0.2) is 7.28 Å². The highest BCUT2D eigenvalue weighted by Gasteiger charge is 2.12. The first-order chi connectivity index (χ1) is 10.5. The fourth-order valence-corrected chi connectivity index (χ4v) is 2.69. The average Bonchev–Trinajstić information content (AvgIpc) is 2.60. The molecule has 0 spiro atoms. The molecule has 0 heterocycles. The van der Waals surface area contributed by atoms with Crippen molar-refractivity contribution < 1.29 is 4.74 Å². The Balaban J connectivity index is 2.25. The Labute approximate surface area is 134 Å². The lowest BCUT2D eigenvalue weighted by Crippen LogP contribution is -2.19. The van der Waals surface area contributed by atoms with Crippen molar-refractivity contribution in [3.8, 4) is 0 Å². The molecule has 4 N–H and O–H groups in total. The summed E-state index contributed by atoms with van der Waals surface area (Å²) < 4.78 is 5.39. The molecule has 1 aromatic rings. The van der Waals surface area contributed by atoms with Crippen LogP contribution in [0.4, 0.5) is 5.69 Å². The molecule has 1 aliphatic rings. The van der Waals surface area contributed by atoms with E-state index >= 15 is 0 Å². The molecule has 0 saturated heterocycles. The zero-order chi connectivity index (χ0) is 16.1. The molecule has 22 heavy (non-hydrogen) atoms. The minimum Gasteiger partial charge on any atom is -0.402 e. The zero-order valence-electron chi connectivity index (χ0n) is 13.7. The van der Waals surface area contributed by atoms with E-state index in [1.165, 1.54) is 22.1 Å². The van der Waals surface area contributed by atoms with Gasteiger partial charge in [0.05, 0.1) is 6.10 Å². The topological polar surface area (TPSA) is 61.3 Å². The van der Waals surface area contributed by atoms with Crippen LogP contribution in [-0.2, 0) is 4.74 Å². The number of ether oxygens (including phenoxy) is 1. The Morgan fingerprint density at radius 3 is 2.50 bits per heavy atom. The van der Waals surface area contributed by atoms with Gasteiger partial charge < -0.3 is 16.2 Å². The van der Waals surface area contributed by atoms with E-state index in [4.69, 9.17) is 16.2 Å². The van der Waals surface area contributed by atoms with Crippen molar-refractivity contribution in [3.63, 3.8) is 0 Å². The van der Waals surface area contributed by atoms with Crippen LogP contribution in [0.1, 0.15) is 26.7 Å². The first kappa shape index (κ1) is 16.4. The molecule has 0 radical (unpaired) electrons. The van der Waals surface area contributed by atoms with Crippen molar-refractivity contribution in [3.05, 3.63) is 58.7 Å². The molecule has 3 nitrogen and oxygen atoms in total. The molecule has 0 aliphatic heterocycles. The molecule has 1 unspecified atom stereocenters. The smallest absolute Gasteiger partial charge is 0.194 e. The summed E-state index contributed by atoms with van der Waals surface area (Å²) in [6.07, 6.45) is 6.38. The van der Waals surface area contributed by atoms with Gasteiger partial charge in [-0.25, -0.2) is 0 Å². The summed E-state index contributed by atoms with van der Waals surface area (Å²) >= 11 is 0. The lowest BCUT2D eigenvalue weighted by atomic mass is 9.62. The van der Waals surface area contributed by atoms with Crippen molar-refractivity contribution >= 4 is 18.4 Å². The van der Waals surface area contributed by atoms with E-state index in [-0.39, 0.29) is 6.10 Å². The van der Waals surface area contributed by atoms with E-state index in [1.807, 2.05) is 12.1 Å².